The van der Waals surface area contributed by atoms with Gasteiger partial charge in [-0.15, -0.1) is 0 Å². The molecule has 0 spiro atoms. The number of allylic oxidation sites excluding steroid dienone is 1. The molecule has 1 aliphatic rings. The SMILES string of the molecule is CCCC/C(C)=C1\O[C@H](COCc2ccccc2)[C@@H](OCc2ccccc2)[C@H](OCc2ccccc2)[C@H]1OCc1ccccc1. The van der Waals surface area contributed by atoms with Crippen LogP contribution in [-0.4, -0.2) is 31.0 Å². The lowest BCUT2D eigenvalue weighted by Crippen LogP contribution is -2.56. The lowest BCUT2D eigenvalue weighted by Gasteiger charge is -2.44. The van der Waals surface area contributed by atoms with Crippen molar-refractivity contribution in [3.63, 3.8) is 0 Å². The Kier molecular flexibility index (Phi) is 12.8. The number of ether oxygens (including phenoxy) is 5. The van der Waals surface area contributed by atoms with Gasteiger partial charge in [0.05, 0.1) is 33.0 Å². The summed E-state index contributed by atoms with van der Waals surface area (Å²) in [6.07, 6.45) is 1.40. The molecule has 45 heavy (non-hydrogen) atoms. The van der Waals surface area contributed by atoms with Crippen LogP contribution in [-0.2, 0) is 50.1 Å². The Morgan fingerprint density at radius 1 is 0.578 bits per heavy atom. The monoisotopic (exact) mass is 606 g/mol. The first kappa shape index (κ1) is 32.6. The maximum absolute atomic E-state index is 6.89. The van der Waals surface area contributed by atoms with Crippen LogP contribution in [0.1, 0.15) is 55.4 Å². The van der Waals surface area contributed by atoms with E-state index >= 15 is 0 Å². The van der Waals surface area contributed by atoms with Gasteiger partial charge in [0.15, 0.2) is 6.10 Å². The zero-order valence-electron chi connectivity index (χ0n) is 26.6. The number of unbranched alkanes of at least 4 members (excludes halogenated alkanes) is 1. The molecule has 0 unspecified atom stereocenters. The minimum atomic E-state index is -0.447. The summed E-state index contributed by atoms with van der Waals surface area (Å²) in [5.74, 6) is 0.838. The van der Waals surface area contributed by atoms with E-state index in [-0.39, 0.29) is 6.10 Å². The molecule has 5 nitrogen and oxygen atoms in total. The van der Waals surface area contributed by atoms with Crippen LogP contribution in [0.2, 0.25) is 0 Å². The summed E-state index contributed by atoms with van der Waals surface area (Å²) < 4.78 is 33.5. The van der Waals surface area contributed by atoms with Gasteiger partial charge in [-0.2, -0.15) is 0 Å². The third kappa shape index (κ3) is 9.87. The van der Waals surface area contributed by atoms with Crippen molar-refractivity contribution in [1.29, 1.82) is 0 Å². The van der Waals surface area contributed by atoms with E-state index in [0.29, 0.717) is 33.0 Å². The molecule has 0 aromatic heterocycles. The lowest BCUT2D eigenvalue weighted by atomic mass is 9.93. The van der Waals surface area contributed by atoms with E-state index in [9.17, 15) is 0 Å². The average molecular weight is 607 g/mol. The van der Waals surface area contributed by atoms with Gasteiger partial charge in [0, 0.05) is 0 Å². The van der Waals surface area contributed by atoms with Crippen LogP contribution in [0.4, 0.5) is 0 Å². The Balaban J connectivity index is 1.47. The number of hydrogen-bond acceptors (Lipinski definition) is 5. The van der Waals surface area contributed by atoms with Crippen molar-refractivity contribution < 1.29 is 23.7 Å². The first-order chi connectivity index (χ1) is 22.2. The maximum atomic E-state index is 6.89. The zero-order valence-corrected chi connectivity index (χ0v) is 26.6. The summed E-state index contributed by atoms with van der Waals surface area (Å²) in [6.45, 7) is 6.51. The van der Waals surface area contributed by atoms with Crippen molar-refractivity contribution in [3.05, 3.63) is 155 Å². The standard InChI is InChI=1S/C40H46O5/c1-3-4-17-31(2)37-39(43-28-34-22-13-7-14-23-34)40(44-29-35-24-15-8-16-25-35)38(42-27-33-20-11-6-12-21-33)36(45-37)30-41-26-32-18-9-5-10-19-32/h5-16,18-25,36,38-40H,3-4,17,26-30H2,1-2H3/b37-31-/t36-,38-,39+,40+/m1/s1. The van der Waals surface area contributed by atoms with Gasteiger partial charge < -0.3 is 23.7 Å². The second-order valence-electron chi connectivity index (χ2n) is 11.6. The quantitative estimate of drug-likeness (QED) is 0.128. The fourth-order valence-corrected chi connectivity index (χ4v) is 5.58. The van der Waals surface area contributed by atoms with Crippen LogP contribution >= 0.6 is 0 Å². The van der Waals surface area contributed by atoms with Crippen LogP contribution < -0.4 is 0 Å². The van der Waals surface area contributed by atoms with E-state index in [2.05, 4.69) is 62.4 Å². The molecular weight excluding hydrogens is 560 g/mol. The third-order valence-electron chi connectivity index (χ3n) is 8.09. The second kappa shape index (κ2) is 17.7. The van der Waals surface area contributed by atoms with Gasteiger partial charge in [-0.25, -0.2) is 0 Å². The highest BCUT2D eigenvalue weighted by molar-refractivity contribution is 5.21. The molecule has 0 N–H and O–H groups in total. The van der Waals surface area contributed by atoms with Crippen LogP contribution in [0.3, 0.4) is 0 Å². The molecule has 1 fully saturated rings. The molecule has 1 saturated heterocycles. The summed E-state index contributed by atoms with van der Waals surface area (Å²) >= 11 is 0. The van der Waals surface area contributed by atoms with Gasteiger partial charge in [-0.05, 0) is 47.6 Å². The predicted molar refractivity (Wildman–Crippen MR) is 178 cm³/mol. The highest BCUT2D eigenvalue weighted by Gasteiger charge is 2.47. The molecular formula is C40H46O5. The van der Waals surface area contributed by atoms with E-state index in [0.717, 1.165) is 47.3 Å². The minimum Gasteiger partial charge on any atom is -0.487 e. The Labute approximate surface area is 268 Å². The van der Waals surface area contributed by atoms with Crippen molar-refractivity contribution >= 4 is 0 Å². The van der Waals surface area contributed by atoms with Crippen LogP contribution in [0.25, 0.3) is 0 Å². The summed E-state index contributed by atoms with van der Waals surface area (Å²) in [5.41, 5.74) is 5.58. The molecule has 0 saturated carbocycles. The Hall–Kier alpha value is -3.74. The Morgan fingerprint density at radius 2 is 1.02 bits per heavy atom. The molecule has 0 amide bonds. The predicted octanol–water partition coefficient (Wildman–Crippen LogP) is 8.82. The highest BCUT2D eigenvalue weighted by atomic mass is 16.6. The van der Waals surface area contributed by atoms with Crippen molar-refractivity contribution in [1.82, 2.24) is 0 Å². The van der Waals surface area contributed by atoms with E-state index in [1.807, 2.05) is 72.8 Å². The van der Waals surface area contributed by atoms with Gasteiger partial charge in [-0.3, -0.25) is 0 Å². The molecule has 4 atom stereocenters. The zero-order chi connectivity index (χ0) is 31.1. The van der Waals surface area contributed by atoms with Crippen molar-refractivity contribution in [2.45, 2.75) is 84.0 Å². The fraction of sp³-hybridized carbons (Fsp3) is 0.350. The smallest absolute Gasteiger partial charge is 0.150 e. The molecule has 4 aromatic carbocycles. The van der Waals surface area contributed by atoms with E-state index in [4.69, 9.17) is 23.7 Å². The highest BCUT2D eigenvalue weighted by Crippen LogP contribution is 2.35. The number of hydrogen-bond donors (Lipinski definition) is 0. The molecule has 0 bridgehead atoms. The lowest BCUT2D eigenvalue weighted by molar-refractivity contribution is -0.224. The second-order valence-corrected chi connectivity index (χ2v) is 11.6. The first-order valence-corrected chi connectivity index (χ1v) is 16.2. The summed E-state index contributed by atoms with van der Waals surface area (Å²) in [4.78, 5) is 0. The molecule has 5 rings (SSSR count). The average Bonchev–Trinajstić information content (AvgIpc) is 3.10. The van der Waals surface area contributed by atoms with Crippen LogP contribution in [0, 0.1) is 0 Å². The van der Waals surface area contributed by atoms with Gasteiger partial charge in [0.2, 0.25) is 0 Å². The number of benzene rings is 4. The van der Waals surface area contributed by atoms with E-state index in [1.54, 1.807) is 0 Å². The fourth-order valence-electron chi connectivity index (χ4n) is 5.58. The topological polar surface area (TPSA) is 46.2 Å². The largest absolute Gasteiger partial charge is 0.487 e. The van der Waals surface area contributed by atoms with Crippen LogP contribution in [0.5, 0.6) is 0 Å². The molecule has 0 radical (unpaired) electrons. The summed E-state index contributed by atoms with van der Waals surface area (Å²) in [7, 11) is 0. The van der Waals surface area contributed by atoms with Crippen molar-refractivity contribution in [2.24, 2.45) is 0 Å². The van der Waals surface area contributed by atoms with Crippen LogP contribution in [0.15, 0.2) is 133 Å². The summed E-state index contributed by atoms with van der Waals surface area (Å²) in [5, 5.41) is 0. The van der Waals surface area contributed by atoms with Gasteiger partial charge >= 0.3 is 0 Å². The molecule has 1 aliphatic heterocycles. The Bertz CT molecular complexity index is 1410. The number of rotatable bonds is 16. The minimum absolute atomic E-state index is 0.357. The molecule has 236 valence electrons. The molecule has 4 aromatic rings. The van der Waals surface area contributed by atoms with E-state index < -0.39 is 18.3 Å². The van der Waals surface area contributed by atoms with Crippen molar-refractivity contribution in [2.75, 3.05) is 6.61 Å². The summed E-state index contributed by atoms with van der Waals surface area (Å²) in [6, 6.07) is 41.0. The first-order valence-electron chi connectivity index (χ1n) is 16.2. The van der Waals surface area contributed by atoms with Gasteiger partial charge in [0.1, 0.15) is 24.1 Å². The molecule has 5 heteroatoms. The Morgan fingerprint density at radius 3 is 1.51 bits per heavy atom. The van der Waals surface area contributed by atoms with Gasteiger partial charge in [0.25, 0.3) is 0 Å². The third-order valence-corrected chi connectivity index (χ3v) is 8.09. The van der Waals surface area contributed by atoms with E-state index in [1.165, 1.54) is 5.57 Å². The molecule has 1 heterocycles. The molecule has 0 aliphatic carbocycles. The normalized spacial score (nSPS) is 20.8. The maximum Gasteiger partial charge on any atom is 0.150 e. The van der Waals surface area contributed by atoms with Gasteiger partial charge in [-0.1, -0.05) is 135 Å². The van der Waals surface area contributed by atoms with Crippen molar-refractivity contribution in [3.8, 4) is 0 Å².